The average Bonchev–Trinajstić information content (AvgIpc) is 2.46. The van der Waals surface area contributed by atoms with Crippen molar-refractivity contribution in [2.45, 2.75) is 6.92 Å². The molecule has 0 aromatic heterocycles. The van der Waals surface area contributed by atoms with E-state index in [4.69, 9.17) is 9.47 Å². The zero-order valence-electron chi connectivity index (χ0n) is 11.3. The molecule has 0 spiro atoms. The molecule has 0 aliphatic carbocycles. The van der Waals surface area contributed by atoms with Gasteiger partial charge in [0.05, 0.1) is 19.8 Å². The Morgan fingerprint density at radius 2 is 1.63 bits per heavy atom. The van der Waals surface area contributed by atoms with Crippen LogP contribution in [0.4, 0.5) is 0 Å². The van der Waals surface area contributed by atoms with Gasteiger partial charge in [-0.2, -0.15) is 0 Å². The lowest BCUT2D eigenvalue weighted by Crippen LogP contribution is -1.96. The monoisotopic (exact) mass is 256 g/mol. The predicted octanol–water partition coefficient (Wildman–Crippen LogP) is 3.49. The second-order valence-electron chi connectivity index (χ2n) is 4.28. The maximum atomic E-state index is 11.2. The Bertz CT molecular complexity index is 586. The maximum Gasteiger partial charge on any atom is 0.171 e. The zero-order valence-corrected chi connectivity index (χ0v) is 11.3. The summed E-state index contributed by atoms with van der Waals surface area (Å²) in [5, 5.41) is 0. The van der Waals surface area contributed by atoms with E-state index < -0.39 is 0 Å². The molecule has 3 heteroatoms. The molecular formula is C16H16O3. The van der Waals surface area contributed by atoms with Gasteiger partial charge in [0.1, 0.15) is 0 Å². The highest BCUT2D eigenvalue weighted by atomic mass is 16.5. The molecule has 0 aliphatic heterocycles. The van der Waals surface area contributed by atoms with Crippen LogP contribution in [0.5, 0.6) is 11.5 Å². The fraction of sp³-hybridized carbons (Fsp3) is 0.188. The fourth-order valence-electron chi connectivity index (χ4n) is 1.99. The molecular weight excluding hydrogens is 240 g/mol. The van der Waals surface area contributed by atoms with Crippen molar-refractivity contribution in [1.82, 2.24) is 0 Å². The number of carbonyl (C=O) groups is 1. The van der Waals surface area contributed by atoms with Crippen LogP contribution in [0.3, 0.4) is 0 Å². The lowest BCUT2D eigenvalue weighted by Gasteiger charge is -2.12. The van der Waals surface area contributed by atoms with Crippen LogP contribution >= 0.6 is 0 Å². The van der Waals surface area contributed by atoms with Crippen molar-refractivity contribution >= 4 is 6.29 Å². The number of hydrogen-bond acceptors (Lipinski definition) is 3. The van der Waals surface area contributed by atoms with Gasteiger partial charge in [-0.25, -0.2) is 0 Å². The smallest absolute Gasteiger partial charge is 0.171 e. The number of aryl methyl sites for hydroxylation is 1. The first kappa shape index (κ1) is 13.1. The molecule has 0 unspecified atom stereocenters. The second kappa shape index (κ2) is 5.57. The summed E-state index contributed by atoms with van der Waals surface area (Å²) in [7, 11) is 3.09. The van der Waals surface area contributed by atoms with Crippen molar-refractivity contribution in [3.63, 3.8) is 0 Å². The van der Waals surface area contributed by atoms with Crippen LogP contribution in [-0.4, -0.2) is 20.5 Å². The van der Waals surface area contributed by atoms with E-state index in [1.807, 2.05) is 37.3 Å². The quantitative estimate of drug-likeness (QED) is 0.785. The highest BCUT2D eigenvalue weighted by Crippen LogP contribution is 2.35. The van der Waals surface area contributed by atoms with Gasteiger partial charge >= 0.3 is 0 Å². The Labute approximate surface area is 112 Å². The summed E-state index contributed by atoms with van der Waals surface area (Å²) in [5.41, 5.74) is 3.65. The maximum absolute atomic E-state index is 11.2. The molecule has 0 atom stereocenters. The molecule has 0 aliphatic rings. The van der Waals surface area contributed by atoms with Gasteiger partial charge < -0.3 is 9.47 Å². The van der Waals surface area contributed by atoms with E-state index in [9.17, 15) is 4.79 Å². The van der Waals surface area contributed by atoms with Gasteiger partial charge in [-0.3, -0.25) is 4.79 Å². The van der Waals surface area contributed by atoms with E-state index in [0.717, 1.165) is 17.4 Å². The minimum absolute atomic E-state index is 0.466. The van der Waals surface area contributed by atoms with Crippen molar-refractivity contribution in [2.24, 2.45) is 0 Å². The zero-order chi connectivity index (χ0) is 13.8. The molecule has 2 aromatic carbocycles. The van der Waals surface area contributed by atoms with Gasteiger partial charge in [-0.1, -0.05) is 29.8 Å². The van der Waals surface area contributed by atoms with Crippen molar-refractivity contribution in [3.8, 4) is 22.6 Å². The van der Waals surface area contributed by atoms with Crippen LogP contribution in [0.25, 0.3) is 11.1 Å². The van der Waals surface area contributed by atoms with Gasteiger partial charge in [0, 0.05) is 0 Å². The Balaban J connectivity index is 2.58. The third-order valence-electron chi connectivity index (χ3n) is 3.02. The summed E-state index contributed by atoms with van der Waals surface area (Å²) in [6.07, 6.45) is 0.777. The second-order valence-corrected chi connectivity index (χ2v) is 4.28. The summed E-state index contributed by atoms with van der Waals surface area (Å²) in [5.74, 6) is 1.02. The summed E-state index contributed by atoms with van der Waals surface area (Å²) < 4.78 is 10.5. The van der Waals surface area contributed by atoms with Crippen LogP contribution in [0, 0.1) is 6.92 Å². The standard InChI is InChI=1S/C16H16O3/c1-11-4-6-12(7-5-11)13-8-14(10-17)16(19-3)15(9-13)18-2/h4-10H,1-3H3. The molecule has 0 fully saturated rings. The number of benzene rings is 2. The number of carbonyl (C=O) groups excluding carboxylic acids is 1. The van der Waals surface area contributed by atoms with Crippen LogP contribution in [0.2, 0.25) is 0 Å². The molecule has 0 heterocycles. The lowest BCUT2D eigenvalue weighted by atomic mass is 10.0. The minimum Gasteiger partial charge on any atom is -0.493 e. The first-order valence-corrected chi connectivity index (χ1v) is 5.98. The highest BCUT2D eigenvalue weighted by Gasteiger charge is 2.12. The third kappa shape index (κ3) is 2.60. The normalized spacial score (nSPS) is 10.1. The Hall–Kier alpha value is -2.29. The SMILES string of the molecule is COc1cc(-c2ccc(C)cc2)cc(C=O)c1OC. The number of ether oxygens (including phenoxy) is 2. The first-order valence-electron chi connectivity index (χ1n) is 5.98. The molecule has 0 saturated carbocycles. The van der Waals surface area contributed by atoms with E-state index in [1.165, 1.54) is 12.7 Å². The molecule has 2 rings (SSSR count). The van der Waals surface area contributed by atoms with Gasteiger partial charge in [-0.15, -0.1) is 0 Å². The van der Waals surface area contributed by atoms with Crippen LogP contribution in [0.1, 0.15) is 15.9 Å². The van der Waals surface area contributed by atoms with E-state index in [0.29, 0.717) is 17.1 Å². The van der Waals surface area contributed by atoms with E-state index >= 15 is 0 Å². The topological polar surface area (TPSA) is 35.5 Å². The minimum atomic E-state index is 0.466. The molecule has 98 valence electrons. The van der Waals surface area contributed by atoms with Gasteiger partial charge in [0.25, 0.3) is 0 Å². The van der Waals surface area contributed by atoms with Gasteiger partial charge in [0.15, 0.2) is 17.8 Å². The van der Waals surface area contributed by atoms with Crippen molar-refractivity contribution < 1.29 is 14.3 Å². The van der Waals surface area contributed by atoms with Crippen molar-refractivity contribution in [2.75, 3.05) is 14.2 Å². The van der Waals surface area contributed by atoms with Crippen molar-refractivity contribution in [1.29, 1.82) is 0 Å². The third-order valence-corrected chi connectivity index (χ3v) is 3.02. The molecule has 0 bridgehead atoms. The van der Waals surface area contributed by atoms with Gasteiger partial charge in [-0.05, 0) is 30.2 Å². The largest absolute Gasteiger partial charge is 0.493 e. The Kier molecular flexibility index (Phi) is 3.85. The van der Waals surface area contributed by atoms with Crippen molar-refractivity contribution in [3.05, 3.63) is 47.5 Å². The molecule has 19 heavy (non-hydrogen) atoms. The van der Waals surface area contributed by atoms with Crippen LogP contribution < -0.4 is 9.47 Å². The first-order chi connectivity index (χ1) is 9.19. The summed E-state index contributed by atoms with van der Waals surface area (Å²) >= 11 is 0. The van der Waals surface area contributed by atoms with Crippen LogP contribution in [-0.2, 0) is 0 Å². The Morgan fingerprint density at radius 1 is 0.947 bits per heavy atom. The molecule has 0 N–H and O–H groups in total. The summed E-state index contributed by atoms with van der Waals surface area (Å²) in [4.78, 5) is 11.2. The summed E-state index contributed by atoms with van der Waals surface area (Å²) in [6, 6.07) is 11.8. The average molecular weight is 256 g/mol. The number of hydrogen-bond donors (Lipinski definition) is 0. The van der Waals surface area contributed by atoms with E-state index in [-0.39, 0.29) is 0 Å². The molecule has 2 aromatic rings. The van der Waals surface area contributed by atoms with E-state index in [1.54, 1.807) is 13.2 Å². The molecule has 0 radical (unpaired) electrons. The fourth-order valence-corrected chi connectivity index (χ4v) is 1.99. The van der Waals surface area contributed by atoms with Gasteiger partial charge in [0.2, 0.25) is 0 Å². The lowest BCUT2D eigenvalue weighted by molar-refractivity contribution is 0.112. The number of methoxy groups -OCH3 is 2. The highest BCUT2D eigenvalue weighted by molar-refractivity contribution is 5.85. The number of aldehydes is 1. The summed E-state index contributed by atoms with van der Waals surface area (Å²) in [6.45, 7) is 2.04. The number of rotatable bonds is 4. The predicted molar refractivity (Wildman–Crippen MR) is 75.1 cm³/mol. The Morgan fingerprint density at radius 3 is 2.16 bits per heavy atom. The molecule has 3 nitrogen and oxygen atoms in total. The van der Waals surface area contributed by atoms with Crippen LogP contribution in [0.15, 0.2) is 36.4 Å². The van der Waals surface area contributed by atoms with E-state index in [2.05, 4.69) is 0 Å². The molecule has 0 amide bonds. The molecule has 0 saturated heterocycles.